The van der Waals surface area contributed by atoms with Crippen LogP contribution in [0.2, 0.25) is 5.02 Å². The molecule has 0 aliphatic rings. The first-order chi connectivity index (χ1) is 16.3. The number of hydrogen-bond donors (Lipinski definition) is 0. The van der Waals surface area contributed by atoms with E-state index in [1.54, 1.807) is 0 Å². The molecule has 156 valence electrons. The van der Waals surface area contributed by atoms with Crippen molar-refractivity contribution >= 4 is 33.1 Å². The second kappa shape index (κ2) is 8.24. The molecule has 0 aliphatic heterocycles. The molecule has 1 heteroatoms. The SMILES string of the molecule is Clc1cc(-c2ccccc2)c(-c2ccc3ccc4ccccc4c3c2)cc1-c1ccccc1. The lowest BCUT2D eigenvalue weighted by Gasteiger charge is -2.16. The summed E-state index contributed by atoms with van der Waals surface area (Å²) in [6.07, 6.45) is 0. The van der Waals surface area contributed by atoms with Gasteiger partial charge >= 0.3 is 0 Å². The molecule has 33 heavy (non-hydrogen) atoms. The predicted molar refractivity (Wildman–Crippen MR) is 143 cm³/mol. The minimum Gasteiger partial charge on any atom is -0.0836 e. The van der Waals surface area contributed by atoms with Crippen molar-refractivity contribution in [2.45, 2.75) is 0 Å². The molecule has 0 nitrogen and oxygen atoms in total. The largest absolute Gasteiger partial charge is 0.0836 e. The van der Waals surface area contributed by atoms with Crippen LogP contribution < -0.4 is 0 Å². The lowest BCUT2D eigenvalue weighted by atomic mass is 9.89. The third kappa shape index (κ3) is 3.59. The van der Waals surface area contributed by atoms with Crippen LogP contribution in [0.3, 0.4) is 0 Å². The third-order valence-corrected chi connectivity index (χ3v) is 6.65. The number of fused-ring (bicyclic) bond motifs is 3. The average molecular weight is 441 g/mol. The summed E-state index contributed by atoms with van der Waals surface area (Å²) in [6.45, 7) is 0. The van der Waals surface area contributed by atoms with Crippen molar-refractivity contribution in [1.29, 1.82) is 0 Å². The first-order valence-corrected chi connectivity index (χ1v) is 11.5. The van der Waals surface area contributed by atoms with Crippen molar-refractivity contribution in [1.82, 2.24) is 0 Å². The molecule has 6 rings (SSSR count). The minimum absolute atomic E-state index is 0.759. The molecule has 0 N–H and O–H groups in total. The standard InChI is InChI=1S/C32H21Cl/c33-32-21-30(22-9-3-1-4-10-22)29(20-31(32)23-11-5-2-6-12-23)26-18-17-25-16-15-24-13-7-8-14-27(24)28(25)19-26/h1-21H. The van der Waals surface area contributed by atoms with Crippen molar-refractivity contribution in [2.75, 3.05) is 0 Å². The van der Waals surface area contributed by atoms with Gasteiger partial charge in [-0.3, -0.25) is 0 Å². The maximum atomic E-state index is 6.85. The lowest BCUT2D eigenvalue weighted by Crippen LogP contribution is -1.90. The van der Waals surface area contributed by atoms with Gasteiger partial charge in [-0.05, 0) is 67.6 Å². The van der Waals surface area contributed by atoms with Crippen LogP contribution in [0, 0.1) is 0 Å². The van der Waals surface area contributed by atoms with Crippen LogP contribution in [0.4, 0.5) is 0 Å². The van der Waals surface area contributed by atoms with Crippen LogP contribution in [0.5, 0.6) is 0 Å². The molecule has 0 heterocycles. The first kappa shape index (κ1) is 19.8. The van der Waals surface area contributed by atoms with Crippen molar-refractivity contribution < 1.29 is 0 Å². The quantitative estimate of drug-likeness (QED) is 0.240. The van der Waals surface area contributed by atoms with Gasteiger partial charge in [0.15, 0.2) is 0 Å². The number of benzene rings is 6. The summed E-state index contributed by atoms with van der Waals surface area (Å²) in [5.74, 6) is 0. The highest BCUT2D eigenvalue weighted by atomic mass is 35.5. The zero-order valence-electron chi connectivity index (χ0n) is 18.0. The third-order valence-electron chi connectivity index (χ3n) is 6.33. The van der Waals surface area contributed by atoms with E-state index >= 15 is 0 Å². The van der Waals surface area contributed by atoms with E-state index in [1.807, 2.05) is 12.1 Å². The maximum absolute atomic E-state index is 6.85. The molecule has 0 unspecified atom stereocenters. The van der Waals surface area contributed by atoms with Gasteiger partial charge in [0, 0.05) is 10.6 Å². The fraction of sp³-hybridized carbons (Fsp3) is 0. The zero-order chi connectivity index (χ0) is 22.2. The zero-order valence-corrected chi connectivity index (χ0v) is 18.8. The highest BCUT2D eigenvalue weighted by Crippen LogP contribution is 2.41. The number of halogens is 1. The summed E-state index contributed by atoms with van der Waals surface area (Å²) in [6, 6.07) is 45.0. The van der Waals surface area contributed by atoms with Crippen LogP contribution >= 0.6 is 11.6 Å². The molecular formula is C32H21Cl. The predicted octanol–water partition coefficient (Wildman–Crippen LogP) is 9.65. The fourth-order valence-corrected chi connectivity index (χ4v) is 4.95. The summed E-state index contributed by atoms with van der Waals surface area (Å²) in [7, 11) is 0. The van der Waals surface area contributed by atoms with Gasteiger partial charge in [0.1, 0.15) is 0 Å². The summed E-state index contributed by atoms with van der Waals surface area (Å²) in [5.41, 5.74) is 6.83. The highest BCUT2D eigenvalue weighted by molar-refractivity contribution is 6.34. The van der Waals surface area contributed by atoms with Crippen molar-refractivity contribution in [2.24, 2.45) is 0 Å². The Kier molecular flexibility index (Phi) is 4.94. The molecule has 0 saturated carbocycles. The van der Waals surface area contributed by atoms with Crippen molar-refractivity contribution in [3.63, 3.8) is 0 Å². The molecule has 0 fully saturated rings. The van der Waals surface area contributed by atoms with E-state index in [-0.39, 0.29) is 0 Å². The molecule has 0 aromatic heterocycles. The molecule has 0 bridgehead atoms. The van der Waals surface area contributed by atoms with E-state index < -0.39 is 0 Å². The van der Waals surface area contributed by atoms with Gasteiger partial charge in [0.05, 0.1) is 0 Å². The lowest BCUT2D eigenvalue weighted by molar-refractivity contribution is 1.57. The van der Waals surface area contributed by atoms with Gasteiger partial charge in [-0.1, -0.05) is 121 Å². The van der Waals surface area contributed by atoms with E-state index in [4.69, 9.17) is 11.6 Å². The topological polar surface area (TPSA) is 0 Å². The number of rotatable bonds is 3. The van der Waals surface area contributed by atoms with E-state index in [0.29, 0.717) is 0 Å². The van der Waals surface area contributed by atoms with E-state index in [2.05, 4.69) is 115 Å². The summed E-state index contributed by atoms with van der Waals surface area (Å²) < 4.78 is 0. The second-order valence-corrected chi connectivity index (χ2v) is 8.74. The Labute approximate surface area is 198 Å². The Bertz CT molecular complexity index is 1600. The Hall–Kier alpha value is -3.87. The summed E-state index contributed by atoms with van der Waals surface area (Å²) in [5, 5.41) is 5.80. The van der Waals surface area contributed by atoms with Gasteiger partial charge in [-0.15, -0.1) is 0 Å². The summed E-state index contributed by atoms with van der Waals surface area (Å²) in [4.78, 5) is 0. The molecule has 0 saturated heterocycles. The van der Waals surface area contributed by atoms with Gasteiger partial charge in [0.2, 0.25) is 0 Å². The molecule has 6 aromatic carbocycles. The van der Waals surface area contributed by atoms with Gasteiger partial charge < -0.3 is 0 Å². The van der Waals surface area contributed by atoms with Crippen LogP contribution in [0.1, 0.15) is 0 Å². The normalized spacial score (nSPS) is 11.2. The van der Waals surface area contributed by atoms with Gasteiger partial charge in [-0.2, -0.15) is 0 Å². The van der Waals surface area contributed by atoms with Gasteiger partial charge in [-0.25, -0.2) is 0 Å². The first-order valence-electron chi connectivity index (χ1n) is 11.1. The molecule has 0 atom stereocenters. The maximum Gasteiger partial charge on any atom is 0.0491 e. The van der Waals surface area contributed by atoms with E-state index in [0.717, 1.165) is 27.3 Å². The fourth-order valence-electron chi connectivity index (χ4n) is 4.68. The number of hydrogen-bond acceptors (Lipinski definition) is 0. The molecule has 0 spiro atoms. The smallest absolute Gasteiger partial charge is 0.0491 e. The monoisotopic (exact) mass is 440 g/mol. The van der Waals surface area contributed by atoms with E-state index in [1.165, 1.54) is 32.7 Å². The van der Waals surface area contributed by atoms with Crippen molar-refractivity contribution in [3.8, 4) is 33.4 Å². The van der Waals surface area contributed by atoms with Crippen LogP contribution in [-0.2, 0) is 0 Å². The molecule has 0 amide bonds. The molecule has 6 aromatic rings. The second-order valence-electron chi connectivity index (χ2n) is 8.33. The van der Waals surface area contributed by atoms with Crippen LogP contribution in [-0.4, -0.2) is 0 Å². The van der Waals surface area contributed by atoms with Crippen LogP contribution in [0.25, 0.3) is 54.9 Å². The Morgan fingerprint density at radius 1 is 0.364 bits per heavy atom. The van der Waals surface area contributed by atoms with Crippen molar-refractivity contribution in [3.05, 3.63) is 132 Å². The highest BCUT2D eigenvalue weighted by Gasteiger charge is 2.14. The average Bonchev–Trinajstić information content (AvgIpc) is 2.89. The van der Waals surface area contributed by atoms with Gasteiger partial charge in [0.25, 0.3) is 0 Å². The Morgan fingerprint density at radius 2 is 0.909 bits per heavy atom. The molecule has 0 radical (unpaired) electrons. The van der Waals surface area contributed by atoms with E-state index in [9.17, 15) is 0 Å². The molecular weight excluding hydrogens is 420 g/mol. The van der Waals surface area contributed by atoms with Crippen LogP contribution in [0.15, 0.2) is 127 Å². The minimum atomic E-state index is 0.759. The Balaban J connectivity index is 1.65. The molecule has 0 aliphatic carbocycles. The Morgan fingerprint density at radius 3 is 1.64 bits per heavy atom. The summed E-state index contributed by atoms with van der Waals surface area (Å²) >= 11 is 6.85.